The van der Waals surface area contributed by atoms with Crippen molar-refractivity contribution in [2.24, 2.45) is 0 Å². The van der Waals surface area contributed by atoms with Gasteiger partial charge in [-0.05, 0) is 38.1 Å². The number of carbonyl (C=O) groups excluding carboxylic acids is 2. The Morgan fingerprint density at radius 3 is 2.56 bits per heavy atom. The molecule has 3 rings (SSSR count). The monoisotopic (exact) mass is 264 g/mol. The fourth-order valence-corrected chi connectivity index (χ4v) is 2.91. The minimum Gasteiger partial charge on any atom is -0.317 e. The second-order valence-electron chi connectivity index (χ2n) is 4.62. The largest absolute Gasteiger partial charge is 0.317 e. The topological polar surface area (TPSA) is 49.4 Å². The lowest BCUT2D eigenvalue weighted by molar-refractivity contribution is 0.0556. The number of imide groups is 1. The van der Waals surface area contributed by atoms with Crippen molar-refractivity contribution in [2.75, 3.05) is 13.1 Å². The van der Waals surface area contributed by atoms with Gasteiger partial charge in [-0.25, -0.2) is 0 Å². The third-order valence-electron chi connectivity index (χ3n) is 3.57. The van der Waals surface area contributed by atoms with Crippen molar-refractivity contribution in [3.8, 4) is 0 Å². The molecule has 2 amide bonds. The predicted molar refractivity (Wildman–Crippen MR) is 67.8 cm³/mol. The highest BCUT2D eigenvalue weighted by Gasteiger charge is 2.41. The van der Waals surface area contributed by atoms with Crippen molar-refractivity contribution in [3.63, 3.8) is 0 Å². The van der Waals surface area contributed by atoms with Crippen molar-refractivity contribution < 1.29 is 9.59 Å². The molecule has 1 N–H and O–H groups in total. The molecule has 0 radical (unpaired) electrons. The van der Waals surface area contributed by atoms with Crippen LogP contribution in [0.4, 0.5) is 0 Å². The Bertz CT molecular complexity index is 524. The van der Waals surface area contributed by atoms with Gasteiger partial charge in [0, 0.05) is 6.04 Å². The summed E-state index contributed by atoms with van der Waals surface area (Å²) in [4.78, 5) is 26.0. The van der Waals surface area contributed by atoms with Gasteiger partial charge >= 0.3 is 0 Å². The number of hydrogen-bond acceptors (Lipinski definition) is 3. The molecule has 4 nitrogen and oxygen atoms in total. The van der Waals surface area contributed by atoms with E-state index in [-0.39, 0.29) is 17.9 Å². The third-order valence-corrected chi connectivity index (χ3v) is 3.88. The number of nitrogens with one attached hydrogen (secondary N) is 1. The van der Waals surface area contributed by atoms with E-state index in [1.807, 2.05) is 0 Å². The minimum absolute atomic E-state index is 0.00489. The summed E-state index contributed by atoms with van der Waals surface area (Å²) in [7, 11) is 0. The zero-order valence-corrected chi connectivity index (χ0v) is 10.5. The van der Waals surface area contributed by atoms with Crippen LogP contribution in [-0.4, -0.2) is 35.8 Å². The molecule has 0 aromatic heterocycles. The van der Waals surface area contributed by atoms with Crippen LogP contribution in [0.3, 0.4) is 0 Å². The summed E-state index contributed by atoms with van der Waals surface area (Å²) in [6.07, 6.45) is 1.62. The number of fused-ring (bicyclic) bond motifs is 1. The standard InChI is InChI=1S/C13H13ClN2O2/c14-10-3-1-2-9-11(10)13(18)16(12(9)17)8-4-6-15-7-5-8/h1-3,8,15H,4-7H2. The molecule has 1 fully saturated rings. The molecule has 2 aliphatic rings. The number of hydrogen-bond donors (Lipinski definition) is 1. The second kappa shape index (κ2) is 4.37. The number of amides is 2. The molecule has 0 unspecified atom stereocenters. The van der Waals surface area contributed by atoms with Crippen LogP contribution in [0, 0.1) is 0 Å². The molecule has 0 saturated carbocycles. The van der Waals surface area contributed by atoms with E-state index in [1.54, 1.807) is 18.2 Å². The van der Waals surface area contributed by atoms with E-state index in [4.69, 9.17) is 11.6 Å². The van der Waals surface area contributed by atoms with E-state index in [9.17, 15) is 9.59 Å². The second-order valence-corrected chi connectivity index (χ2v) is 5.03. The summed E-state index contributed by atoms with van der Waals surface area (Å²) in [5, 5.41) is 3.59. The predicted octanol–water partition coefficient (Wildman–Crippen LogP) is 1.69. The summed E-state index contributed by atoms with van der Waals surface area (Å²) < 4.78 is 0. The van der Waals surface area contributed by atoms with Gasteiger partial charge in [0.05, 0.1) is 16.1 Å². The highest BCUT2D eigenvalue weighted by Crippen LogP contribution is 2.31. The van der Waals surface area contributed by atoms with Crippen LogP contribution in [0.1, 0.15) is 33.6 Å². The Hall–Kier alpha value is -1.39. The van der Waals surface area contributed by atoms with E-state index >= 15 is 0 Å². The molecular formula is C13H13ClN2O2. The molecule has 2 aliphatic heterocycles. The van der Waals surface area contributed by atoms with Crippen LogP contribution in [0.5, 0.6) is 0 Å². The molecule has 1 aromatic rings. The molecular weight excluding hydrogens is 252 g/mol. The van der Waals surface area contributed by atoms with Gasteiger partial charge in [0.15, 0.2) is 0 Å². The van der Waals surface area contributed by atoms with E-state index in [2.05, 4.69) is 5.32 Å². The van der Waals surface area contributed by atoms with Gasteiger partial charge in [0.2, 0.25) is 0 Å². The van der Waals surface area contributed by atoms with Gasteiger partial charge in [-0.2, -0.15) is 0 Å². The first kappa shape index (κ1) is 11.7. The maximum Gasteiger partial charge on any atom is 0.263 e. The number of benzene rings is 1. The fraction of sp³-hybridized carbons (Fsp3) is 0.385. The summed E-state index contributed by atoms with van der Waals surface area (Å²) in [5.41, 5.74) is 0.800. The smallest absolute Gasteiger partial charge is 0.263 e. The number of rotatable bonds is 1. The number of nitrogens with zero attached hydrogens (tertiary/aromatic N) is 1. The Balaban J connectivity index is 1.99. The molecule has 0 spiro atoms. The maximum absolute atomic E-state index is 12.3. The van der Waals surface area contributed by atoms with Crippen LogP contribution in [0.25, 0.3) is 0 Å². The van der Waals surface area contributed by atoms with Crippen molar-refractivity contribution in [3.05, 3.63) is 34.3 Å². The van der Waals surface area contributed by atoms with Crippen LogP contribution < -0.4 is 5.32 Å². The summed E-state index contributed by atoms with van der Waals surface area (Å²) in [5.74, 6) is -0.447. The van der Waals surface area contributed by atoms with E-state index < -0.39 is 0 Å². The van der Waals surface area contributed by atoms with Crippen molar-refractivity contribution >= 4 is 23.4 Å². The van der Waals surface area contributed by atoms with Crippen LogP contribution in [0.15, 0.2) is 18.2 Å². The molecule has 94 valence electrons. The lowest BCUT2D eigenvalue weighted by Gasteiger charge is -2.29. The summed E-state index contributed by atoms with van der Waals surface area (Å²) in [6, 6.07) is 5.02. The quantitative estimate of drug-likeness (QED) is 0.786. The molecule has 5 heteroatoms. The molecule has 18 heavy (non-hydrogen) atoms. The van der Waals surface area contributed by atoms with Crippen molar-refractivity contribution in [1.82, 2.24) is 10.2 Å². The van der Waals surface area contributed by atoms with Crippen LogP contribution in [0.2, 0.25) is 5.02 Å². The first-order chi connectivity index (χ1) is 8.70. The average molecular weight is 265 g/mol. The maximum atomic E-state index is 12.3. The molecule has 1 saturated heterocycles. The van der Waals surface area contributed by atoms with Gasteiger partial charge in [-0.1, -0.05) is 17.7 Å². The summed E-state index contributed by atoms with van der Waals surface area (Å²) >= 11 is 6.02. The van der Waals surface area contributed by atoms with Gasteiger partial charge in [-0.3, -0.25) is 14.5 Å². The zero-order chi connectivity index (χ0) is 12.7. The third kappa shape index (κ3) is 1.64. The molecule has 0 aliphatic carbocycles. The Morgan fingerprint density at radius 2 is 1.89 bits per heavy atom. The van der Waals surface area contributed by atoms with Gasteiger partial charge in [-0.15, -0.1) is 0 Å². The van der Waals surface area contributed by atoms with Crippen LogP contribution >= 0.6 is 11.6 Å². The average Bonchev–Trinajstić information content (AvgIpc) is 2.64. The van der Waals surface area contributed by atoms with E-state index in [0.29, 0.717) is 16.1 Å². The van der Waals surface area contributed by atoms with Crippen molar-refractivity contribution in [1.29, 1.82) is 0 Å². The highest BCUT2D eigenvalue weighted by molar-refractivity contribution is 6.37. The van der Waals surface area contributed by atoms with Crippen molar-refractivity contribution in [2.45, 2.75) is 18.9 Å². The zero-order valence-electron chi connectivity index (χ0n) is 9.78. The fourth-order valence-electron chi connectivity index (χ4n) is 2.66. The SMILES string of the molecule is O=C1c2cccc(Cl)c2C(=O)N1C1CCNCC1. The first-order valence-electron chi connectivity index (χ1n) is 6.07. The van der Waals surface area contributed by atoms with Gasteiger partial charge < -0.3 is 5.32 Å². The lowest BCUT2D eigenvalue weighted by atomic mass is 10.1. The van der Waals surface area contributed by atoms with Gasteiger partial charge in [0.1, 0.15) is 0 Å². The first-order valence-corrected chi connectivity index (χ1v) is 6.45. The normalized spacial score (nSPS) is 20.4. The Morgan fingerprint density at radius 1 is 1.17 bits per heavy atom. The Kier molecular flexibility index (Phi) is 2.84. The highest BCUT2D eigenvalue weighted by atomic mass is 35.5. The van der Waals surface area contributed by atoms with E-state index in [0.717, 1.165) is 25.9 Å². The number of piperidine rings is 1. The van der Waals surface area contributed by atoms with Gasteiger partial charge in [0.25, 0.3) is 11.8 Å². The number of halogens is 1. The molecule has 0 atom stereocenters. The molecule has 2 heterocycles. The lowest BCUT2D eigenvalue weighted by Crippen LogP contribution is -2.45. The van der Waals surface area contributed by atoms with E-state index in [1.165, 1.54) is 4.90 Å². The Labute approximate surface area is 110 Å². The van der Waals surface area contributed by atoms with Crippen LogP contribution in [-0.2, 0) is 0 Å². The summed E-state index contributed by atoms with van der Waals surface area (Å²) in [6.45, 7) is 1.68. The molecule has 1 aromatic carbocycles. The minimum atomic E-state index is -0.243. The number of carbonyl (C=O) groups is 2. The molecule has 0 bridgehead atoms.